The van der Waals surface area contributed by atoms with E-state index < -0.39 is 0 Å². The Morgan fingerprint density at radius 2 is 1.90 bits per heavy atom. The first-order chi connectivity index (χ1) is 9.78. The smallest absolute Gasteiger partial charge is 0.239 e. The first-order valence-electron chi connectivity index (χ1n) is 7.26. The Balaban J connectivity index is 1.65. The number of rotatable bonds is 3. The highest BCUT2D eigenvalue weighted by molar-refractivity contribution is 6.32. The van der Waals surface area contributed by atoms with Crippen molar-refractivity contribution in [2.75, 3.05) is 36.5 Å². The molecule has 6 nitrogen and oxygen atoms in total. The number of hydrogen-bond donors (Lipinski definition) is 2. The Kier molecular flexibility index (Phi) is 4.24. The van der Waals surface area contributed by atoms with Gasteiger partial charge in [-0.25, -0.2) is 10.8 Å². The molecule has 3 N–H and O–H groups in total. The molecule has 0 bridgehead atoms. The summed E-state index contributed by atoms with van der Waals surface area (Å²) in [5.41, 5.74) is 2.47. The van der Waals surface area contributed by atoms with E-state index in [4.69, 9.17) is 17.4 Å². The number of hydrogen-bond acceptors (Lipinski definition) is 6. The molecule has 110 valence electrons. The van der Waals surface area contributed by atoms with Gasteiger partial charge in [0.1, 0.15) is 5.02 Å². The molecule has 0 radical (unpaired) electrons. The lowest BCUT2D eigenvalue weighted by Crippen LogP contribution is -2.50. The molecule has 1 saturated heterocycles. The highest BCUT2D eigenvalue weighted by atomic mass is 35.5. The molecule has 0 spiro atoms. The molecule has 0 unspecified atom stereocenters. The second-order valence-corrected chi connectivity index (χ2v) is 5.88. The van der Waals surface area contributed by atoms with Crippen molar-refractivity contribution in [3.8, 4) is 0 Å². The molecule has 2 aliphatic rings. The van der Waals surface area contributed by atoms with Crippen LogP contribution in [0.3, 0.4) is 0 Å². The van der Waals surface area contributed by atoms with Crippen molar-refractivity contribution >= 4 is 23.4 Å². The van der Waals surface area contributed by atoms with Crippen LogP contribution in [0.5, 0.6) is 0 Å². The minimum absolute atomic E-state index is 0.405. The van der Waals surface area contributed by atoms with Gasteiger partial charge < -0.3 is 4.90 Å². The lowest BCUT2D eigenvalue weighted by atomic mass is 10.2. The molecule has 0 aromatic carbocycles. The third-order valence-corrected chi connectivity index (χ3v) is 4.58. The molecule has 7 heteroatoms. The Morgan fingerprint density at radius 1 is 1.20 bits per heavy atom. The number of anilines is 2. The van der Waals surface area contributed by atoms with Gasteiger partial charge >= 0.3 is 0 Å². The minimum Gasteiger partial charge on any atom is -0.353 e. The number of nitrogens with one attached hydrogen (secondary N) is 1. The highest BCUT2D eigenvalue weighted by Crippen LogP contribution is 2.28. The van der Waals surface area contributed by atoms with Crippen LogP contribution in [0.25, 0.3) is 0 Å². The number of piperazine rings is 1. The summed E-state index contributed by atoms with van der Waals surface area (Å²) in [4.78, 5) is 13.2. The molecule has 3 rings (SSSR count). The standard InChI is InChI=1S/C13H21ClN6/c14-11-9-16-13(18-15)17-12(11)20-7-5-19(6-8-20)10-3-1-2-4-10/h9-10H,1-8,15H2,(H,16,17,18). The van der Waals surface area contributed by atoms with Gasteiger partial charge in [0.25, 0.3) is 0 Å². The number of nitrogens with zero attached hydrogens (tertiary/aromatic N) is 4. The van der Waals surface area contributed by atoms with Crippen molar-refractivity contribution in [3.63, 3.8) is 0 Å². The summed E-state index contributed by atoms with van der Waals surface area (Å²) in [6.45, 7) is 4.07. The van der Waals surface area contributed by atoms with Crippen molar-refractivity contribution < 1.29 is 0 Å². The van der Waals surface area contributed by atoms with Crippen LogP contribution in [0.1, 0.15) is 25.7 Å². The maximum absolute atomic E-state index is 6.20. The van der Waals surface area contributed by atoms with E-state index in [2.05, 4.69) is 25.2 Å². The average Bonchev–Trinajstić information content (AvgIpc) is 3.02. The summed E-state index contributed by atoms with van der Waals surface area (Å²) in [7, 11) is 0. The fraction of sp³-hybridized carbons (Fsp3) is 0.692. The summed E-state index contributed by atoms with van der Waals surface area (Å²) >= 11 is 6.20. The fourth-order valence-corrected chi connectivity index (χ4v) is 3.43. The number of aromatic nitrogens is 2. The van der Waals surface area contributed by atoms with Crippen LogP contribution in [0.15, 0.2) is 6.20 Å². The molecular weight excluding hydrogens is 276 g/mol. The molecule has 1 aromatic heterocycles. The second kappa shape index (κ2) is 6.11. The molecule has 0 atom stereocenters. The zero-order valence-corrected chi connectivity index (χ0v) is 12.3. The second-order valence-electron chi connectivity index (χ2n) is 5.47. The zero-order chi connectivity index (χ0) is 13.9. The maximum Gasteiger partial charge on any atom is 0.239 e. The normalized spacial score (nSPS) is 21.4. The Bertz CT molecular complexity index is 454. The van der Waals surface area contributed by atoms with Gasteiger partial charge in [0.15, 0.2) is 5.82 Å². The molecule has 2 heterocycles. The van der Waals surface area contributed by atoms with E-state index in [1.807, 2.05) is 0 Å². The Hall–Kier alpha value is -1.11. The predicted molar refractivity (Wildman–Crippen MR) is 80.9 cm³/mol. The number of nitrogens with two attached hydrogens (primary N) is 1. The molecule has 1 aliphatic carbocycles. The van der Waals surface area contributed by atoms with Crippen LogP contribution >= 0.6 is 11.6 Å². The lowest BCUT2D eigenvalue weighted by Gasteiger charge is -2.38. The van der Waals surface area contributed by atoms with Crippen LogP contribution in [0, 0.1) is 0 Å². The monoisotopic (exact) mass is 296 g/mol. The summed E-state index contributed by atoms with van der Waals surface area (Å²) in [6.07, 6.45) is 7.08. The van der Waals surface area contributed by atoms with Gasteiger partial charge in [0, 0.05) is 32.2 Å². The first kappa shape index (κ1) is 13.9. The average molecular weight is 297 g/mol. The van der Waals surface area contributed by atoms with Gasteiger partial charge in [-0.1, -0.05) is 24.4 Å². The van der Waals surface area contributed by atoms with Crippen LogP contribution in [-0.2, 0) is 0 Å². The van der Waals surface area contributed by atoms with Gasteiger partial charge in [0.2, 0.25) is 5.95 Å². The number of hydrazine groups is 1. The number of nitrogen functional groups attached to an aromatic ring is 1. The zero-order valence-electron chi connectivity index (χ0n) is 11.6. The third kappa shape index (κ3) is 2.82. The van der Waals surface area contributed by atoms with Crippen molar-refractivity contribution in [1.29, 1.82) is 0 Å². The van der Waals surface area contributed by atoms with Crippen LogP contribution in [-0.4, -0.2) is 47.1 Å². The quantitative estimate of drug-likeness (QED) is 0.650. The van der Waals surface area contributed by atoms with E-state index in [0.717, 1.165) is 38.0 Å². The van der Waals surface area contributed by atoms with E-state index >= 15 is 0 Å². The predicted octanol–water partition coefficient (Wildman–Crippen LogP) is 1.48. The largest absolute Gasteiger partial charge is 0.353 e. The SMILES string of the molecule is NNc1ncc(Cl)c(N2CCN(C3CCCC3)CC2)n1. The van der Waals surface area contributed by atoms with Crippen LogP contribution in [0.2, 0.25) is 5.02 Å². The summed E-state index contributed by atoms with van der Waals surface area (Å²) in [6, 6.07) is 0.791. The van der Waals surface area contributed by atoms with Gasteiger partial charge in [0.05, 0.1) is 6.20 Å². The highest BCUT2D eigenvalue weighted by Gasteiger charge is 2.27. The molecular formula is C13H21ClN6. The van der Waals surface area contributed by atoms with Crippen molar-refractivity contribution in [2.24, 2.45) is 5.84 Å². The Labute approximate surface area is 124 Å². The van der Waals surface area contributed by atoms with Gasteiger partial charge in [-0.2, -0.15) is 4.98 Å². The molecule has 0 amide bonds. The number of halogens is 1. The topological polar surface area (TPSA) is 70.3 Å². The molecule has 1 saturated carbocycles. The van der Waals surface area contributed by atoms with E-state index in [9.17, 15) is 0 Å². The van der Waals surface area contributed by atoms with Crippen LogP contribution in [0.4, 0.5) is 11.8 Å². The third-order valence-electron chi connectivity index (χ3n) is 4.31. The van der Waals surface area contributed by atoms with Gasteiger partial charge in [-0.05, 0) is 12.8 Å². The van der Waals surface area contributed by atoms with Gasteiger partial charge in [-0.3, -0.25) is 10.3 Å². The van der Waals surface area contributed by atoms with Crippen molar-refractivity contribution in [3.05, 3.63) is 11.2 Å². The van der Waals surface area contributed by atoms with E-state index in [-0.39, 0.29) is 0 Å². The van der Waals surface area contributed by atoms with E-state index in [1.54, 1.807) is 6.20 Å². The summed E-state index contributed by atoms with van der Waals surface area (Å²) in [5.74, 6) is 6.54. The summed E-state index contributed by atoms with van der Waals surface area (Å²) in [5, 5.41) is 0.582. The Morgan fingerprint density at radius 3 is 2.55 bits per heavy atom. The van der Waals surface area contributed by atoms with Crippen molar-refractivity contribution in [1.82, 2.24) is 14.9 Å². The van der Waals surface area contributed by atoms with Crippen LogP contribution < -0.4 is 16.2 Å². The molecule has 20 heavy (non-hydrogen) atoms. The lowest BCUT2D eigenvalue weighted by molar-refractivity contribution is 0.187. The van der Waals surface area contributed by atoms with Crippen molar-refractivity contribution in [2.45, 2.75) is 31.7 Å². The van der Waals surface area contributed by atoms with E-state index in [0.29, 0.717) is 11.0 Å². The molecule has 1 aromatic rings. The fourth-order valence-electron chi connectivity index (χ4n) is 3.22. The van der Waals surface area contributed by atoms with Gasteiger partial charge in [-0.15, -0.1) is 0 Å². The maximum atomic E-state index is 6.20. The summed E-state index contributed by atoms with van der Waals surface area (Å²) < 4.78 is 0. The molecule has 1 aliphatic heterocycles. The minimum atomic E-state index is 0.405. The van der Waals surface area contributed by atoms with E-state index in [1.165, 1.54) is 25.7 Å². The first-order valence-corrected chi connectivity index (χ1v) is 7.64. The molecule has 2 fully saturated rings.